The molecular weight excluding hydrogens is 303 g/mol. The molecule has 112 valence electrons. The Balaban J connectivity index is 2.29. The van der Waals surface area contributed by atoms with Crippen LogP contribution in [0.25, 0.3) is 0 Å². The first-order valence-electron chi connectivity index (χ1n) is 5.73. The number of hydrogen-bond donors (Lipinski definition) is 2. The van der Waals surface area contributed by atoms with Gasteiger partial charge in [-0.2, -0.15) is 0 Å². The highest BCUT2D eigenvalue weighted by molar-refractivity contribution is 7.91. The van der Waals surface area contributed by atoms with E-state index < -0.39 is 33.1 Å². The molecular formula is C12H11FN2O5S. The predicted molar refractivity (Wildman–Crippen MR) is 70.8 cm³/mol. The first-order chi connectivity index (χ1) is 9.78. The van der Waals surface area contributed by atoms with Crippen LogP contribution in [0.1, 0.15) is 21.8 Å². The lowest BCUT2D eigenvalue weighted by atomic mass is 10.2. The van der Waals surface area contributed by atoms with Crippen molar-refractivity contribution in [3.63, 3.8) is 0 Å². The van der Waals surface area contributed by atoms with Crippen molar-refractivity contribution in [2.24, 2.45) is 0 Å². The van der Waals surface area contributed by atoms with Gasteiger partial charge in [-0.25, -0.2) is 17.6 Å². The summed E-state index contributed by atoms with van der Waals surface area (Å²) in [5.41, 5.74) is -0.923. The molecule has 9 heteroatoms. The van der Waals surface area contributed by atoms with Gasteiger partial charge >= 0.3 is 5.97 Å². The van der Waals surface area contributed by atoms with E-state index in [1.165, 1.54) is 12.1 Å². The van der Waals surface area contributed by atoms with Gasteiger partial charge in [-0.3, -0.25) is 4.72 Å². The SMILES string of the molecule is Cc1cc(CS(=O)(=O)Nc2cccc(F)c2C(=O)O)no1. The van der Waals surface area contributed by atoms with Crippen molar-refractivity contribution in [1.82, 2.24) is 5.16 Å². The fourth-order valence-electron chi connectivity index (χ4n) is 1.71. The van der Waals surface area contributed by atoms with Gasteiger partial charge in [-0.1, -0.05) is 11.2 Å². The Morgan fingerprint density at radius 1 is 1.48 bits per heavy atom. The van der Waals surface area contributed by atoms with Crippen LogP contribution in [-0.4, -0.2) is 24.7 Å². The van der Waals surface area contributed by atoms with Crippen molar-refractivity contribution in [2.45, 2.75) is 12.7 Å². The first-order valence-corrected chi connectivity index (χ1v) is 7.38. The molecule has 0 aliphatic carbocycles. The molecule has 0 amide bonds. The summed E-state index contributed by atoms with van der Waals surface area (Å²) in [5, 5.41) is 12.5. The summed E-state index contributed by atoms with van der Waals surface area (Å²) in [6.07, 6.45) is 0. The molecule has 2 N–H and O–H groups in total. The highest BCUT2D eigenvalue weighted by atomic mass is 32.2. The molecule has 0 saturated heterocycles. The monoisotopic (exact) mass is 314 g/mol. The molecule has 0 unspecified atom stereocenters. The number of nitrogens with one attached hydrogen (secondary N) is 1. The largest absolute Gasteiger partial charge is 0.478 e. The molecule has 0 aliphatic rings. The van der Waals surface area contributed by atoms with Gasteiger partial charge in [0.15, 0.2) is 0 Å². The summed E-state index contributed by atoms with van der Waals surface area (Å²) in [5.74, 6) is -2.67. The highest BCUT2D eigenvalue weighted by Gasteiger charge is 2.21. The second-order valence-electron chi connectivity index (χ2n) is 4.26. The number of aromatic nitrogens is 1. The van der Waals surface area contributed by atoms with Crippen LogP contribution in [0.15, 0.2) is 28.8 Å². The van der Waals surface area contributed by atoms with Gasteiger partial charge in [0.05, 0.1) is 5.69 Å². The summed E-state index contributed by atoms with van der Waals surface area (Å²) in [4.78, 5) is 11.0. The molecule has 0 aliphatic heterocycles. The Labute approximate surface area is 119 Å². The lowest BCUT2D eigenvalue weighted by molar-refractivity contribution is 0.0693. The van der Waals surface area contributed by atoms with E-state index in [4.69, 9.17) is 9.63 Å². The predicted octanol–water partition coefficient (Wildman–Crippen LogP) is 1.76. The third-order valence-corrected chi connectivity index (χ3v) is 3.71. The zero-order valence-corrected chi connectivity index (χ0v) is 11.6. The Bertz CT molecular complexity index is 785. The molecule has 1 aromatic carbocycles. The molecule has 0 spiro atoms. The number of nitrogens with zero attached hydrogens (tertiary/aromatic N) is 1. The standard InChI is InChI=1S/C12H11FN2O5S/c1-7-5-8(14-20-7)6-21(18,19)15-10-4-2-3-9(13)11(10)12(16)17/h2-5,15H,6H2,1H3,(H,16,17). The number of aromatic carboxylic acids is 1. The fourth-order valence-corrected chi connectivity index (χ4v) is 2.81. The summed E-state index contributed by atoms with van der Waals surface area (Å²) < 4.78 is 44.2. The van der Waals surface area contributed by atoms with E-state index >= 15 is 0 Å². The van der Waals surface area contributed by atoms with E-state index in [1.54, 1.807) is 6.92 Å². The summed E-state index contributed by atoms with van der Waals surface area (Å²) in [7, 11) is -3.95. The highest BCUT2D eigenvalue weighted by Crippen LogP contribution is 2.21. The molecule has 1 heterocycles. The number of carbonyl (C=O) groups is 1. The Morgan fingerprint density at radius 2 is 2.19 bits per heavy atom. The van der Waals surface area contributed by atoms with E-state index in [2.05, 4.69) is 5.16 Å². The lowest BCUT2D eigenvalue weighted by Gasteiger charge is -2.10. The van der Waals surface area contributed by atoms with E-state index in [0.717, 1.165) is 12.1 Å². The van der Waals surface area contributed by atoms with Gasteiger partial charge in [-0.15, -0.1) is 0 Å². The minimum atomic E-state index is -3.95. The quantitative estimate of drug-likeness (QED) is 0.870. The van der Waals surface area contributed by atoms with Crippen molar-refractivity contribution < 1.29 is 27.2 Å². The van der Waals surface area contributed by atoms with Crippen molar-refractivity contribution in [3.8, 4) is 0 Å². The molecule has 0 atom stereocenters. The Hall–Kier alpha value is -2.42. The first kappa shape index (κ1) is 15.0. The van der Waals surface area contributed by atoms with Gasteiger partial charge in [0, 0.05) is 6.07 Å². The van der Waals surface area contributed by atoms with Crippen molar-refractivity contribution in [3.05, 3.63) is 47.1 Å². The number of aryl methyl sites for hydroxylation is 1. The number of carboxylic acid groups (broad SMARTS) is 1. The average molecular weight is 314 g/mol. The van der Waals surface area contributed by atoms with Crippen LogP contribution in [0, 0.1) is 12.7 Å². The zero-order valence-electron chi connectivity index (χ0n) is 10.8. The van der Waals surface area contributed by atoms with E-state index in [1.807, 2.05) is 4.72 Å². The van der Waals surface area contributed by atoms with Gasteiger partial charge < -0.3 is 9.63 Å². The Morgan fingerprint density at radius 3 is 2.76 bits per heavy atom. The molecule has 2 aromatic rings. The molecule has 2 rings (SSSR count). The minimum Gasteiger partial charge on any atom is -0.478 e. The van der Waals surface area contributed by atoms with Gasteiger partial charge in [0.1, 0.15) is 28.6 Å². The minimum absolute atomic E-state index is 0.160. The van der Waals surface area contributed by atoms with Crippen molar-refractivity contribution in [1.29, 1.82) is 0 Å². The summed E-state index contributed by atoms with van der Waals surface area (Å²) in [6, 6.07) is 4.74. The molecule has 0 saturated carbocycles. The average Bonchev–Trinajstić information content (AvgIpc) is 2.72. The molecule has 1 aromatic heterocycles. The normalized spacial score (nSPS) is 11.3. The number of halogens is 1. The van der Waals surface area contributed by atoms with Crippen LogP contribution in [0.3, 0.4) is 0 Å². The van der Waals surface area contributed by atoms with Gasteiger partial charge in [0.25, 0.3) is 0 Å². The van der Waals surface area contributed by atoms with Crippen molar-refractivity contribution >= 4 is 21.7 Å². The number of carboxylic acids is 1. The summed E-state index contributed by atoms with van der Waals surface area (Å²) >= 11 is 0. The number of rotatable bonds is 5. The van der Waals surface area contributed by atoms with Crippen molar-refractivity contribution in [2.75, 3.05) is 4.72 Å². The number of hydrogen-bond acceptors (Lipinski definition) is 5. The van der Waals surface area contributed by atoms with Gasteiger partial charge in [-0.05, 0) is 19.1 Å². The van der Waals surface area contributed by atoms with Crippen LogP contribution < -0.4 is 4.72 Å². The topological polar surface area (TPSA) is 110 Å². The van der Waals surface area contributed by atoms with Crippen LogP contribution in [0.5, 0.6) is 0 Å². The van der Waals surface area contributed by atoms with E-state index in [9.17, 15) is 17.6 Å². The molecule has 0 radical (unpaired) electrons. The molecule has 0 bridgehead atoms. The molecule has 21 heavy (non-hydrogen) atoms. The third kappa shape index (κ3) is 3.57. The third-order valence-electron chi connectivity index (χ3n) is 2.51. The molecule has 7 nitrogen and oxygen atoms in total. The number of sulfonamides is 1. The maximum atomic E-state index is 13.5. The smallest absolute Gasteiger partial charge is 0.340 e. The summed E-state index contributed by atoms with van der Waals surface area (Å²) in [6.45, 7) is 1.60. The van der Waals surface area contributed by atoms with Gasteiger partial charge in [0.2, 0.25) is 10.0 Å². The Kier molecular flexibility index (Phi) is 3.94. The van der Waals surface area contributed by atoms with Crippen LogP contribution in [0.2, 0.25) is 0 Å². The maximum absolute atomic E-state index is 13.5. The second kappa shape index (κ2) is 5.52. The second-order valence-corrected chi connectivity index (χ2v) is 5.98. The number of anilines is 1. The molecule has 0 fully saturated rings. The van der Waals surface area contributed by atoms with E-state index in [-0.39, 0.29) is 11.4 Å². The maximum Gasteiger partial charge on any atom is 0.340 e. The number of benzene rings is 1. The zero-order chi connectivity index (χ0) is 15.6. The van der Waals surface area contributed by atoms with Crippen LogP contribution >= 0.6 is 0 Å². The van der Waals surface area contributed by atoms with E-state index in [0.29, 0.717) is 5.76 Å². The van der Waals surface area contributed by atoms with Crippen LogP contribution in [0.4, 0.5) is 10.1 Å². The van der Waals surface area contributed by atoms with Crippen LogP contribution in [-0.2, 0) is 15.8 Å². The fraction of sp³-hybridized carbons (Fsp3) is 0.167. The lowest BCUT2D eigenvalue weighted by Crippen LogP contribution is -2.18.